The fourth-order valence-corrected chi connectivity index (χ4v) is 2.01. The highest BCUT2D eigenvalue weighted by Crippen LogP contribution is 2.21. The van der Waals surface area contributed by atoms with Gasteiger partial charge in [-0.1, -0.05) is 22.0 Å². The van der Waals surface area contributed by atoms with Crippen molar-refractivity contribution in [1.82, 2.24) is 0 Å². The molecule has 1 nitrogen and oxygen atoms in total. The van der Waals surface area contributed by atoms with Crippen LogP contribution in [0.5, 0.6) is 0 Å². The van der Waals surface area contributed by atoms with E-state index >= 15 is 0 Å². The molecule has 2 rings (SSSR count). The summed E-state index contributed by atoms with van der Waals surface area (Å²) >= 11 is 3.17. The lowest BCUT2D eigenvalue weighted by atomic mass is 10.2. The van der Waals surface area contributed by atoms with Crippen molar-refractivity contribution >= 4 is 21.6 Å². The average Bonchev–Trinajstić information content (AvgIpc) is 2.34. The predicted octanol–water partition coefficient (Wildman–Crippen LogP) is 4.62. The van der Waals surface area contributed by atoms with E-state index < -0.39 is 23.3 Å². The van der Waals surface area contributed by atoms with Crippen molar-refractivity contribution in [3.8, 4) is 0 Å². The molecule has 0 amide bonds. The predicted molar refractivity (Wildman–Crippen MR) is 67.7 cm³/mol. The molecule has 1 N–H and O–H groups in total. The van der Waals surface area contributed by atoms with Crippen LogP contribution < -0.4 is 5.32 Å². The summed E-state index contributed by atoms with van der Waals surface area (Å²) in [5.41, 5.74) is 0.805. The van der Waals surface area contributed by atoms with Gasteiger partial charge in [-0.05, 0) is 17.7 Å². The Hall–Kier alpha value is -1.56. The minimum atomic E-state index is -1.51. The molecule has 100 valence electrons. The minimum Gasteiger partial charge on any atom is -0.381 e. The highest BCUT2D eigenvalue weighted by atomic mass is 79.9. The molecule has 0 radical (unpaired) electrons. The molecule has 0 aliphatic rings. The number of benzene rings is 2. The van der Waals surface area contributed by atoms with E-state index in [9.17, 15) is 17.6 Å². The average molecular weight is 334 g/mol. The number of rotatable bonds is 3. The molecule has 19 heavy (non-hydrogen) atoms. The molecule has 0 aliphatic heterocycles. The fourth-order valence-electron chi connectivity index (χ4n) is 1.52. The third-order valence-corrected chi connectivity index (χ3v) is 3.22. The van der Waals surface area contributed by atoms with Crippen LogP contribution in [0.3, 0.4) is 0 Å². The zero-order valence-electron chi connectivity index (χ0n) is 9.48. The van der Waals surface area contributed by atoms with E-state index in [0.717, 1.165) is 12.1 Å². The van der Waals surface area contributed by atoms with Gasteiger partial charge in [0.25, 0.3) is 0 Å². The molecule has 6 heteroatoms. The molecule has 2 aromatic rings. The molecule has 2 aromatic carbocycles. The Kier molecular flexibility index (Phi) is 4.09. The summed E-state index contributed by atoms with van der Waals surface area (Å²) in [5, 5.41) is 2.73. The van der Waals surface area contributed by atoms with E-state index in [1.165, 1.54) is 18.2 Å². The van der Waals surface area contributed by atoms with Crippen LogP contribution in [0.1, 0.15) is 5.56 Å². The smallest absolute Gasteiger partial charge is 0.194 e. The maximum atomic E-state index is 13.0. The van der Waals surface area contributed by atoms with E-state index in [2.05, 4.69) is 21.2 Å². The highest BCUT2D eigenvalue weighted by molar-refractivity contribution is 9.10. The standard InChI is InChI=1S/C13H8BrF4N/c14-10-3-8(15)2-1-7(10)6-19-9-4-11(16)13(18)12(17)5-9/h1-5,19H,6H2. The molecular weight excluding hydrogens is 326 g/mol. The summed E-state index contributed by atoms with van der Waals surface area (Å²) in [5.74, 6) is -4.43. The second-order valence-electron chi connectivity index (χ2n) is 3.84. The molecule has 0 atom stereocenters. The van der Waals surface area contributed by atoms with E-state index in [0.29, 0.717) is 10.0 Å². The lowest BCUT2D eigenvalue weighted by Crippen LogP contribution is -2.02. The van der Waals surface area contributed by atoms with E-state index in [-0.39, 0.29) is 12.2 Å². The molecular formula is C13H8BrF4N. The van der Waals surface area contributed by atoms with Gasteiger partial charge in [0, 0.05) is 28.8 Å². The van der Waals surface area contributed by atoms with Crippen LogP contribution in [0, 0.1) is 23.3 Å². The Balaban J connectivity index is 2.14. The van der Waals surface area contributed by atoms with Crippen LogP contribution in [0.4, 0.5) is 23.2 Å². The molecule has 0 bridgehead atoms. The zero-order valence-corrected chi connectivity index (χ0v) is 11.1. The van der Waals surface area contributed by atoms with Crippen molar-refractivity contribution < 1.29 is 17.6 Å². The Morgan fingerprint density at radius 2 is 1.58 bits per heavy atom. The Bertz CT molecular complexity index is 593. The SMILES string of the molecule is Fc1ccc(CNc2cc(F)c(F)c(F)c2)c(Br)c1. The summed E-state index contributed by atoms with van der Waals surface area (Å²) in [6.45, 7) is 0.214. The van der Waals surface area contributed by atoms with Gasteiger partial charge in [0.1, 0.15) is 5.82 Å². The summed E-state index contributed by atoms with van der Waals surface area (Å²) in [6, 6.07) is 5.80. The third-order valence-electron chi connectivity index (χ3n) is 2.48. The van der Waals surface area contributed by atoms with Crippen LogP contribution in [-0.2, 0) is 6.54 Å². The van der Waals surface area contributed by atoms with Crippen LogP contribution >= 0.6 is 15.9 Å². The molecule has 0 unspecified atom stereocenters. The maximum Gasteiger partial charge on any atom is 0.194 e. The lowest BCUT2D eigenvalue weighted by Gasteiger charge is -2.09. The van der Waals surface area contributed by atoms with Gasteiger partial charge >= 0.3 is 0 Å². The second kappa shape index (κ2) is 5.61. The van der Waals surface area contributed by atoms with Gasteiger partial charge in [0.05, 0.1) is 0 Å². The van der Waals surface area contributed by atoms with E-state index in [4.69, 9.17) is 0 Å². The van der Waals surface area contributed by atoms with Crippen LogP contribution in [-0.4, -0.2) is 0 Å². The Morgan fingerprint density at radius 1 is 0.947 bits per heavy atom. The summed E-state index contributed by atoms with van der Waals surface area (Å²) in [7, 11) is 0. The lowest BCUT2D eigenvalue weighted by molar-refractivity contribution is 0.447. The molecule has 0 aromatic heterocycles. The van der Waals surface area contributed by atoms with Gasteiger partial charge in [-0.25, -0.2) is 17.6 Å². The minimum absolute atomic E-state index is 0.104. The van der Waals surface area contributed by atoms with Crippen LogP contribution in [0.15, 0.2) is 34.8 Å². The third kappa shape index (κ3) is 3.26. The van der Waals surface area contributed by atoms with Gasteiger partial charge in [0.15, 0.2) is 17.5 Å². The van der Waals surface area contributed by atoms with E-state index in [1.54, 1.807) is 0 Å². The first-order valence-corrected chi connectivity index (χ1v) is 6.09. The number of halogens is 5. The Morgan fingerprint density at radius 3 is 2.16 bits per heavy atom. The Labute approximate surface area is 115 Å². The first-order chi connectivity index (χ1) is 8.97. The van der Waals surface area contributed by atoms with E-state index in [1.807, 2.05) is 0 Å². The number of hydrogen-bond donors (Lipinski definition) is 1. The molecule has 0 spiro atoms. The largest absolute Gasteiger partial charge is 0.381 e. The normalized spacial score (nSPS) is 10.6. The van der Waals surface area contributed by atoms with Crippen LogP contribution in [0.25, 0.3) is 0 Å². The zero-order chi connectivity index (χ0) is 14.0. The monoisotopic (exact) mass is 333 g/mol. The molecule has 0 saturated carbocycles. The van der Waals surface area contributed by atoms with Crippen molar-refractivity contribution in [2.75, 3.05) is 5.32 Å². The van der Waals surface area contributed by atoms with Crippen molar-refractivity contribution in [2.24, 2.45) is 0 Å². The van der Waals surface area contributed by atoms with Gasteiger partial charge < -0.3 is 5.32 Å². The summed E-state index contributed by atoms with van der Waals surface area (Å²) in [4.78, 5) is 0. The number of hydrogen-bond acceptors (Lipinski definition) is 1. The maximum absolute atomic E-state index is 13.0. The molecule has 0 aliphatic carbocycles. The molecule has 0 heterocycles. The van der Waals surface area contributed by atoms with Gasteiger partial charge in [-0.2, -0.15) is 0 Å². The summed E-state index contributed by atoms with van der Waals surface area (Å²) < 4.78 is 52.1. The topological polar surface area (TPSA) is 12.0 Å². The quantitative estimate of drug-likeness (QED) is 0.638. The van der Waals surface area contributed by atoms with Gasteiger partial charge in [-0.15, -0.1) is 0 Å². The van der Waals surface area contributed by atoms with Crippen molar-refractivity contribution in [3.63, 3.8) is 0 Å². The van der Waals surface area contributed by atoms with Crippen molar-refractivity contribution in [3.05, 3.63) is 63.6 Å². The fraction of sp³-hybridized carbons (Fsp3) is 0.0769. The van der Waals surface area contributed by atoms with Crippen LogP contribution in [0.2, 0.25) is 0 Å². The second-order valence-corrected chi connectivity index (χ2v) is 4.70. The molecule has 0 saturated heterocycles. The first kappa shape index (κ1) is 13.9. The highest BCUT2D eigenvalue weighted by Gasteiger charge is 2.10. The molecule has 0 fully saturated rings. The van der Waals surface area contributed by atoms with Crippen molar-refractivity contribution in [1.29, 1.82) is 0 Å². The van der Waals surface area contributed by atoms with Crippen molar-refractivity contribution in [2.45, 2.75) is 6.54 Å². The number of anilines is 1. The van der Waals surface area contributed by atoms with Gasteiger partial charge in [-0.3, -0.25) is 0 Å². The summed E-state index contributed by atoms with van der Waals surface area (Å²) in [6.07, 6.45) is 0. The van der Waals surface area contributed by atoms with Gasteiger partial charge in [0.2, 0.25) is 0 Å². The first-order valence-electron chi connectivity index (χ1n) is 5.29. The number of nitrogens with one attached hydrogen (secondary N) is 1.